The Labute approximate surface area is 166 Å². The van der Waals surface area contributed by atoms with E-state index in [4.69, 9.17) is 0 Å². The quantitative estimate of drug-likeness (QED) is 0.714. The molecule has 0 radical (unpaired) electrons. The molecule has 2 aromatic carbocycles. The van der Waals surface area contributed by atoms with Gasteiger partial charge in [-0.1, -0.05) is 12.1 Å². The summed E-state index contributed by atoms with van der Waals surface area (Å²) in [4.78, 5) is 14.5. The molecule has 0 spiro atoms. The van der Waals surface area contributed by atoms with Crippen LogP contribution >= 0.6 is 0 Å². The number of piperidine rings is 1. The number of hydrogen-bond acceptors (Lipinski definition) is 2. The molecule has 1 fully saturated rings. The standard InChI is InChI=1S/C21H23F4N3O/c22-10-16-12-26-6-5-20(16)28(13-14-1-3-17(23)4-2-14)21(29)27-11-15-7-18(24)9-19(25)8-15/h1-4,7-9,16,20,26H,5-6,10-13H2,(H,27,29)/t16-,20+/m0/s1. The molecule has 0 saturated carbocycles. The summed E-state index contributed by atoms with van der Waals surface area (Å²) in [6.07, 6.45) is 0.567. The average Bonchev–Trinajstić information content (AvgIpc) is 2.71. The van der Waals surface area contributed by atoms with Gasteiger partial charge in [-0.05, 0) is 48.4 Å². The molecule has 1 aliphatic heterocycles. The van der Waals surface area contributed by atoms with Gasteiger partial charge in [-0.15, -0.1) is 0 Å². The summed E-state index contributed by atoms with van der Waals surface area (Å²) < 4.78 is 53.5. The highest BCUT2D eigenvalue weighted by Gasteiger charge is 2.33. The highest BCUT2D eigenvalue weighted by molar-refractivity contribution is 5.74. The molecule has 2 N–H and O–H groups in total. The summed E-state index contributed by atoms with van der Waals surface area (Å²) in [7, 11) is 0. The molecule has 0 bridgehead atoms. The first kappa shape index (κ1) is 21.1. The number of rotatable bonds is 6. The number of halogens is 4. The number of nitrogens with one attached hydrogen (secondary N) is 2. The molecule has 2 amide bonds. The number of benzene rings is 2. The third kappa shape index (κ3) is 5.69. The third-order valence-corrected chi connectivity index (χ3v) is 5.06. The zero-order chi connectivity index (χ0) is 20.8. The molecular weight excluding hydrogens is 386 g/mol. The van der Waals surface area contributed by atoms with Gasteiger partial charge in [-0.2, -0.15) is 0 Å². The van der Waals surface area contributed by atoms with Crippen LogP contribution in [0.15, 0.2) is 42.5 Å². The predicted octanol–water partition coefficient (Wildman–Crippen LogP) is 3.76. The van der Waals surface area contributed by atoms with Gasteiger partial charge in [0.15, 0.2) is 0 Å². The second-order valence-corrected chi connectivity index (χ2v) is 7.17. The van der Waals surface area contributed by atoms with E-state index in [9.17, 15) is 22.4 Å². The molecule has 0 unspecified atom stereocenters. The van der Waals surface area contributed by atoms with Gasteiger partial charge in [0.1, 0.15) is 17.5 Å². The van der Waals surface area contributed by atoms with Crippen LogP contribution in [0.4, 0.5) is 22.4 Å². The maximum absolute atomic E-state index is 13.6. The van der Waals surface area contributed by atoms with Crippen LogP contribution in [0.5, 0.6) is 0 Å². The zero-order valence-electron chi connectivity index (χ0n) is 15.8. The van der Waals surface area contributed by atoms with Gasteiger partial charge in [0.2, 0.25) is 0 Å². The van der Waals surface area contributed by atoms with Crippen molar-refractivity contribution >= 4 is 6.03 Å². The van der Waals surface area contributed by atoms with Crippen molar-refractivity contribution in [2.45, 2.75) is 25.6 Å². The van der Waals surface area contributed by atoms with Crippen LogP contribution in [0, 0.1) is 23.4 Å². The van der Waals surface area contributed by atoms with Gasteiger partial charge in [0.25, 0.3) is 0 Å². The number of hydrogen-bond donors (Lipinski definition) is 2. The first-order valence-corrected chi connectivity index (χ1v) is 9.47. The summed E-state index contributed by atoms with van der Waals surface area (Å²) in [5, 5.41) is 5.78. The molecule has 2 atom stereocenters. The van der Waals surface area contributed by atoms with Crippen molar-refractivity contribution in [3.8, 4) is 0 Å². The van der Waals surface area contributed by atoms with Gasteiger partial charge in [0, 0.05) is 37.7 Å². The summed E-state index contributed by atoms with van der Waals surface area (Å²) in [6, 6.07) is 7.97. The topological polar surface area (TPSA) is 44.4 Å². The van der Waals surface area contributed by atoms with E-state index in [-0.39, 0.29) is 36.4 Å². The van der Waals surface area contributed by atoms with E-state index in [1.165, 1.54) is 17.0 Å². The zero-order valence-corrected chi connectivity index (χ0v) is 15.8. The molecule has 3 rings (SSSR count). The number of alkyl halides is 1. The summed E-state index contributed by atoms with van der Waals surface area (Å²) in [6.45, 7) is 0.608. The Morgan fingerprint density at radius 1 is 1.03 bits per heavy atom. The van der Waals surface area contributed by atoms with Crippen molar-refractivity contribution in [3.63, 3.8) is 0 Å². The molecule has 1 aliphatic rings. The third-order valence-electron chi connectivity index (χ3n) is 5.06. The average molecular weight is 409 g/mol. The Kier molecular flexibility index (Phi) is 7.09. The van der Waals surface area contributed by atoms with Crippen molar-refractivity contribution in [2.75, 3.05) is 19.8 Å². The molecule has 2 aromatic rings. The molecule has 156 valence electrons. The molecule has 1 heterocycles. The van der Waals surface area contributed by atoms with Crippen LogP contribution in [-0.2, 0) is 13.1 Å². The minimum absolute atomic E-state index is 0.0707. The normalized spacial score (nSPS) is 19.0. The molecular formula is C21H23F4N3O. The monoisotopic (exact) mass is 409 g/mol. The van der Waals surface area contributed by atoms with Crippen LogP contribution < -0.4 is 10.6 Å². The Balaban J connectivity index is 1.76. The van der Waals surface area contributed by atoms with Crippen LogP contribution in [0.25, 0.3) is 0 Å². The summed E-state index contributed by atoms with van der Waals surface area (Å²) in [5.74, 6) is -2.22. The van der Waals surface area contributed by atoms with Gasteiger partial charge in [0.05, 0.1) is 6.67 Å². The number of urea groups is 1. The van der Waals surface area contributed by atoms with Gasteiger partial charge >= 0.3 is 6.03 Å². The molecule has 1 saturated heterocycles. The smallest absolute Gasteiger partial charge is 0.318 e. The molecule has 0 aromatic heterocycles. The fourth-order valence-electron chi connectivity index (χ4n) is 3.60. The van der Waals surface area contributed by atoms with Gasteiger partial charge < -0.3 is 15.5 Å². The minimum atomic E-state index is -0.728. The van der Waals surface area contributed by atoms with Crippen molar-refractivity contribution in [2.24, 2.45) is 5.92 Å². The Morgan fingerprint density at radius 3 is 2.38 bits per heavy atom. The number of carbonyl (C=O) groups excluding carboxylic acids is 1. The van der Waals surface area contributed by atoms with Crippen molar-refractivity contribution in [1.29, 1.82) is 0 Å². The first-order valence-electron chi connectivity index (χ1n) is 9.47. The second-order valence-electron chi connectivity index (χ2n) is 7.17. The number of nitrogens with zero attached hydrogens (tertiary/aromatic N) is 1. The van der Waals surface area contributed by atoms with Gasteiger partial charge in [-0.3, -0.25) is 4.39 Å². The summed E-state index contributed by atoms with van der Waals surface area (Å²) in [5.41, 5.74) is 0.986. The van der Waals surface area contributed by atoms with E-state index in [0.717, 1.165) is 18.2 Å². The van der Waals surface area contributed by atoms with Crippen molar-refractivity contribution in [1.82, 2.24) is 15.5 Å². The lowest BCUT2D eigenvalue weighted by molar-refractivity contribution is 0.108. The minimum Gasteiger partial charge on any atom is -0.334 e. The van der Waals surface area contributed by atoms with Crippen LogP contribution in [0.3, 0.4) is 0 Å². The molecule has 8 heteroatoms. The van der Waals surface area contributed by atoms with E-state index >= 15 is 0 Å². The second kappa shape index (κ2) is 9.73. The molecule has 0 aliphatic carbocycles. The highest BCUT2D eigenvalue weighted by atomic mass is 19.1. The number of amides is 2. The van der Waals surface area contributed by atoms with Crippen LogP contribution in [0.2, 0.25) is 0 Å². The predicted molar refractivity (Wildman–Crippen MR) is 101 cm³/mol. The maximum atomic E-state index is 13.6. The lowest BCUT2D eigenvalue weighted by Crippen LogP contribution is -2.54. The molecule has 29 heavy (non-hydrogen) atoms. The SMILES string of the molecule is O=C(NCc1cc(F)cc(F)c1)N(Cc1ccc(F)cc1)[C@@H]1CCNC[C@@H]1CF. The molecule has 4 nitrogen and oxygen atoms in total. The summed E-state index contributed by atoms with van der Waals surface area (Å²) >= 11 is 0. The van der Waals surface area contributed by atoms with E-state index in [2.05, 4.69) is 10.6 Å². The Hall–Kier alpha value is -2.61. The van der Waals surface area contributed by atoms with E-state index < -0.39 is 24.3 Å². The van der Waals surface area contributed by atoms with E-state index in [0.29, 0.717) is 25.1 Å². The highest BCUT2D eigenvalue weighted by Crippen LogP contribution is 2.22. The first-order chi connectivity index (χ1) is 14.0. The van der Waals surface area contributed by atoms with E-state index in [1.807, 2.05) is 0 Å². The van der Waals surface area contributed by atoms with Crippen LogP contribution in [0.1, 0.15) is 17.5 Å². The fraction of sp³-hybridized carbons (Fsp3) is 0.381. The Bertz CT molecular complexity index is 811. The lowest BCUT2D eigenvalue weighted by Gasteiger charge is -2.39. The number of carbonyl (C=O) groups is 1. The van der Waals surface area contributed by atoms with Crippen LogP contribution in [-0.4, -0.2) is 36.7 Å². The Morgan fingerprint density at radius 2 is 1.72 bits per heavy atom. The van der Waals surface area contributed by atoms with E-state index in [1.54, 1.807) is 12.1 Å². The lowest BCUT2D eigenvalue weighted by atomic mass is 9.92. The van der Waals surface area contributed by atoms with Crippen molar-refractivity contribution < 1.29 is 22.4 Å². The van der Waals surface area contributed by atoms with Crippen molar-refractivity contribution in [3.05, 3.63) is 71.0 Å². The largest absolute Gasteiger partial charge is 0.334 e. The maximum Gasteiger partial charge on any atom is 0.318 e. The fourth-order valence-corrected chi connectivity index (χ4v) is 3.60. The van der Waals surface area contributed by atoms with Gasteiger partial charge in [-0.25, -0.2) is 18.0 Å².